The topological polar surface area (TPSA) is 82.1 Å². The van der Waals surface area contributed by atoms with Gasteiger partial charge < -0.3 is 9.26 Å². The predicted molar refractivity (Wildman–Crippen MR) is 89.9 cm³/mol. The first-order valence-corrected chi connectivity index (χ1v) is 9.17. The second-order valence-corrected chi connectivity index (χ2v) is 7.28. The molecule has 2 aromatic rings. The molecule has 4 rings (SSSR count). The molecule has 2 aliphatic rings. The van der Waals surface area contributed by atoms with Gasteiger partial charge in [0.05, 0.1) is 18.3 Å². The summed E-state index contributed by atoms with van der Waals surface area (Å²) in [6.07, 6.45) is 8.29. The van der Waals surface area contributed by atoms with E-state index < -0.39 is 0 Å². The van der Waals surface area contributed by atoms with Crippen LogP contribution in [-0.4, -0.2) is 56.3 Å². The molecule has 2 aromatic heterocycles. The molecule has 2 fully saturated rings. The van der Waals surface area contributed by atoms with E-state index in [1.54, 1.807) is 11.8 Å². The Bertz CT molecular complexity index is 693. The molecule has 0 radical (unpaired) electrons. The van der Waals surface area contributed by atoms with Crippen molar-refractivity contribution in [2.24, 2.45) is 7.05 Å². The molecule has 0 N–H and O–H groups in total. The SMILES string of the molecule is CO[C@@H]1CN(Cc2noc(C3CCCCC3)n2)C[C@H]1c1cn(C)nn1. The minimum absolute atomic E-state index is 0.112. The van der Waals surface area contributed by atoms with Crippen molar-refractivity contribution in [3.8, 4) is 0 Å². The van der Waals surface area contributed by atoms with Crippen LogP contribution in [0.4, 0.5) is 0 Å². The van der Waals surface area contributed by atoms with Gasteiger partial charge in [-0.1, -0.05) is 29.6 Å². The lowest BCUT2D eigenvalue weighted by atomic mass is 9.89. The summed E-state index contributed by atoms with van der Waals surface area (Å²) in [7, 11) is 3.64. The van der Waals surface area contributed by atoms with Crippen molar-refractivity contribution in [1.29, 1.82) is 0 Å². The zero-order valence-electron chi connectivity index (χ0n) is 15.0. The average Bonchev–Trinajstić information content (AvgIpc) is 3.35. The van der Waals surface area contributed by atoms with Crippen molar-refractivity contribution in [2.45, 2.75) is 56.6 Å². The summed E-state index contributed by atoms with van der Waals surface area (Å²) in [6, 6.07) is 0. The number of likely N-dealkylation sites (tertiary alicyclic amines) is 1. The van der Waals surface area contributed by atoms with Gasteiger partial charge in [0.2, 0.25) is 5.89 Å². The van der Waals surface area contributed by atoms with Gasteiger partial charge in [0.1, 0.15) is 0 Å². The van der Waals surface area contributed by atoms with Crippen LogP contribution in [0.5, 0.6) is 0 Å². The van der Waals surface area contributed by atoms with E-state index in [2.05, 4.69) is 25.4 Å². The van der Waals surface area contributed by atoms with Gasteiger partial charge in [-0.2, -0.15) is 4.98 Å². The number of hydrogen-bond donors (Lipinski definition) is 0. The standard InChI is InChI=1S/C17H26N6O2/c1-22-9-14(19-21-22)13-8-23(10-15(13)24-2)11-16-18-17(25-20-16)12-6-4-3-5-7-12/h9,12-13,15H,3-8,10-11H2,1-2H3/t13-,15+/m0/s1. The maximum atomic E-state index is 5.67. The van der Waals surface area contributed by atoms with E-state index in [0.29, 0.717) is 12.5 Å². The van der Waals surface area contributed by atoms with Crippen LogP contribution < -0.4 is 0 Å². The van der Waals surface area contributed by atoms with E-state index in [-0.39, 0.29) is 12.0 Å². The molecular weight excluding hydrogens is 320 g/mol. The number of ether oxygens (including phenoxy) is 1. The Morgan fingerprint density at radius 3 is 2.80 bits per heavy atom. The Kier molecular flexibility index (Phi) is 4.80. The Labute approximate surface area is 147 Å². The lowest BCUT2D eigenvalue weighted by molar-refractivity contribution is 0.0954. The van der Waals surface area contributed by atoms with Gasteiger partial charge in [-0.15, -0.1) is 5.10 Å². The molecule has 0 amide bonds. The lowest BCUT2D eigenvalue weighted by Crippen LogP contribution is -2.23. The fraction of sp³-hybridized carbons (Fsp3) is 0.765. The highest BCUT2D eigenvalue weighted by Crippen LogP contribution is 2.32. The average molecular weight is 346 g/mol. The van der Waals surface area contributed by atoms with Crippen LogP contribution in [0.2, 0.25) is 0 Å². The quantitative estimate of drug-likeness (QED) is 0.817. The van der Waals surface area contributed by atoms with E-state index in [1.807, 2.05) is 13.2 Å². The summed E-state index contributed by atoms with van der Waals surface area (Å²) in [4.78, 5) is 6.97. The third-order valence-corrected chi connectivity index (χ3v) is 5.45. The van der Waals surface area contributed by atoms with E-state index in [9.17, 15) is 0 Å². The van der Waals surface area contributed by atoms with Crippen molar-refractivity contribution in [2.75, 3.05) is 20.2 Å². The van der Waals surface area contributed by atoms with Gasteiger partial charge >= 0.3 is 0 Å². The Hall–Kier alpha value is -1.80. The first-order valence-electron chi connectivity index (χ1n) is 9.17. The van der Waals surface area contributed by atoms with Crippen molar-refractivity contribution in [3.05, 3.63) is 23.6 Å². The molecule has 136 valence electrons. The third kappa shape index (κ3) is 3.59. The van der Waals surface area contributed by atoms with Crippen LogP contribution in [0.3, 0.4) is 0 Å². The molecule has 0 bridgehead atoms. The Morgan fingerprint density at radius 1 is 1.24 bits per heavy atom. The second kappa shape index (κ2) is 7.21. The number of aromatic nitrogens is 5. The maximum absolute atomic E-state index is 5.67. The summed E-state index contributed by atoms with van der Waals surface area (Å²) in [5, 5.41) is 12.5. The van der Waals surface area contributed by atoms with Crippen molar-refractivity contribution >= 4 is 0 Å². The first-order chi connectivity index (χ1) is 12.2. The smallest absolute Gasteiger partial charge is 0.229 e. The van der Waals surface area contributed by atoms with E-state index in [4.69, 9.17) is 9.26 Å². The molecule has 2 atom stereocenters. The van der Waals surface area contributed by atoms with Crippen LogP contribution in [-0.2, 0) is 18.3 Å². The number of rotatable bonds is 5. The van der Waals surface area contributed by atoms with Crippen molar-refractivity contribution < 1.29 is 9.26 Å². The van der Waals surface area contributed by atoms with E-state index in [1.165, 1.54) is 32.1 Å². The van der Waals surface area contributed by atoms with Gasteiger partial charge in [0.15, 0.2) is 5.82 Å². The predicted octanol–water partition coefficient (Wildman–Crippen LogP) is 1.86. The first kappa shape index (κ1) is 16.7. The maximum Gasteiger partial charge on any atom is 0.229 e. The number of aryl methyl sites for hydroxylation is 1. The molecule has 0 spiro atoms. The van der Waals surface area contributed by atoms with Crippen LogP contribution in [0, 0.1) is 0 Å². The number of hydrogen-bond acceptors (Lipinski definition) is 7. The summed E-state index contributed by atoms with van der Waals surface area (Å²) in [5.41, 5.74) is 0.979. The molecule has 1 aliphatic heterocycles. The van der Waals surface area contributed by atoms with E-state index in [0.717, 1.165) is 30.5 Å². The fourth-order valence-corrected chi connectivity index (χ4v) is 4.09. The van der Waals surface area contributed by atoms with E-state index >= 15 is 0 Å². The molecule has 25 heavy (non-hydrogen) atoms. The zero-order chi connectivity index (χ0) is 17.2. The molecule has 0 aromatic carbocycles. The molecule has 8 heteroatoms. The molecule has 1 saturated heterocycles. The van der Waals surface area contributed by atoms with Crippen molar-refractivity contribution in [1.82, 2.24) is 30.0 Å². The number of nitrogens with zero attached hydrogens (tertiary/aromatic N) is 6. The normalized spacial score (nSPS) is 25.7. The summed E-state index contributed by atoms with van der Waals surface area (Å²) in [6.45, 7) is 2.39. The summed E-state index contributed by atoms with van der Waals surface area (Å²) in [5.74, 6) is 2.27. The number of methoxy groups -OCH3 is 1. The summed E-state index contributed by atoms with van der Waals surface area (Å²) < 4.78 is 12.9. The van der Waals surface area contributed by atoms with Crippen LogP contribution in [0.1, 0.15) is 61.3 Å². The summed E-state index contributed by atoms with van der Waals surface area (Å²) >= 11 is 0. The molecule has 0 unspecified atom stereocenters. The minimum Gasteiger partial charge on any atom is -0.379 e. The van der Waals surface area contributed by atoms with Gasteiger partial charge in [0, 0.05) is 45.3 Å². The zero-order valence-corrected chi connectivity index (χ0v) is 15.0. The molecule has 1 aliphatic carbocycles. The Morgan fingerprint density at radius 2 is 2.08 bits per heavy atom. The molecule has 1 saturated carbocycles. The largest absolute Gasteiger partial charge is 0.379 e. The second-order valence-electron chi connectivity index (χ2n) is 7.28. The van der Waals surface area contributed by atoms with Crippen molar-refractivity contribution in [3.63, 3.8) is 0 Å². The fourth-order valence-electron chi connectivity index (χ4n) is 4.09. The molecule has 8 nitrogen and oxygen atoms in total. The van der Waals surface area contributed by atoms with Crippen LogP contribution >= 0.6 is 0 Å². The van der Waals surface area contributed by atoms with Crippen LogP contribution in [0.15, 0.2) is 10.7 Å². The Balaban J connectivity index is 1.40. The highest BCUT2D eigenvalue weighted by atomic mass is 16.5. The monoisotopic (exact) mass is 346 g/mol. The lowest BCUT2D eigenvalue weighted by Gasteiger charge is -2.17. The molecule has 3 heterocycles. The van der Waals surface area contributed by atoms with Gasteiger partial charge in [-0.25, -0.2) is 0 Å². The van der Waals surface area contributed by atoms with Gasteiger partial charge in [-0.05, 0) is 12.8 Å². The molecular formula is C17H26N6O2. The minimum atomic E-state index is 0.112. The van der Waals surface area contributed by atoms with Crippen LogP contribution in [0.25, 0.3) is 0 Å². The highest BCUT2D eigenvalue weighted by molar-refractivity contribution is 5.10. The van der Waals surface area contributed by atoms with Gasteiger partial charge in [-0.3, -0.25) is 9.58 Å². The highest BCUT2D eigenvalue weighted by Gasteiger charge is 2.36. The van der Waals surface area contributed by atoms with Gasteiger partial charge in [0.25, 0.3) is 0 Å². The third-order valence-electron chi connectivity index (χ3n) is 5.45.